The molecule has 126 valence electrons. The zero-order valence-corrected chi connectivity index (χ0v) is 14.0. The number of para-hydroxylation sites is 1. The average Bonchev–Trinajstić information content (AvgIpc) is 2.48. The van der Waals surface area contributed by atoms with Crippen molar-refractivity contribution in [1.29, 1.82) is 0 Å². The van der Waals surface area contributed by atoms with Crippen LogP contribution in [0.4, 0.5) is 15.8 Å². The number of rotatable bonds is 5. The lowest BCUT2D eigenvalue weighted by Crippen LogP contribution is -2.22. The maximum Gasteiger partial charge on any atom is 0.233 e. The van der Waals surface area contributed by atoms with Gasteiger partial charge in [-0.3, -0.25) is 9.59 Å². The van der Waals surface area contributed by atoms with Crippen LogP contribution in [0.1, 0.15) is 37.3 Å². The van der Waals surface area contributed by atoms with E-state index in [1.54, 1.807) is 6.07 Å². The van der Waals surface area contributed by atoms with Gasteiger partial charge in [-0.2, -0.15) is 0 Å². The van der Waals surface area contributed by atoms with Gasteiger partial charge in [-0.15, -0.1) is 0 Å². The minimum Gasteiger partial charge on any atom is -0.326 e. The Kier molecular flexibility index (Phi) is 5.68. The number of hydrogen-bond donors (Lipinski definition) is 2. The Balaban J connectivity index is 2.02. The molecule has 0 saturated heterocycles. The largest absolute Gasteiger partial charge is 0.326 e. The Hall–Kier alpha value is -2.69. The topological polar surface area (TPSA) is 58.2 Å². The molecule has 2 N–H and O–H groups in total. The highest BCUT2D eigenvalue weighted by Gasteiger charge is 2.15. The van der Waals surface area contributed by atoms with Crippen molar-refractivity contribution in [2.45, 2.75) is 33.1 Å². The van der Waals surface area contributed by atoms with Gasteiger partial charge >= 0.3 is 0 Å². The van der Waals surface area contributed by atoms with E-state index in [0.717, 1.165) is 16.8 Å². The molecular weight excluding hydrogens is 307 g/mol. The smallest absolute Gasteiger partial charge is 0.233 e. The third-order valence-corrected chi connectivity index (χ3v) is 3.62. The van der Waals surface area contributed by atoms with Crippen LogP contribution in [0.25, 0.3) is 0 Å². The first-order valence-corrected chi connectivity index (χ1v) is 7.81. The van der Waals surface area contributed by atoms with Crippen molar-refractivity contribution in [3.63, 3.8) is 0 Å². The lowest BCUT2D eigenvalue weighted by molar-refractivity contribution is -0.123. The predicted molar refractivity (Wildman–Crippen MR) is 93.5 cm³/mol. The zero-order valence-electron chi connectivity index (χ0n) is 14.0. The van der Waals surface area contributed by atoms with Gasteiger partial charge in [0.2, 0.25) is 11.8 Å². The quantitative estimate of drug-likeness (QED) is 0.807. The molecule has 0 spiro atoms. The second kappa shape index (κ2) is 7.73. The number of halogens is 1. The number of amides is 2. The number of nitrogens with one attached hydrogen (secondary N) is 2. The normalized spacial score (nSPS) is 10.5. The van der Waals surface area contributed by atoms with Crippen LogP contribution in [-0.2, 0) is 9.59 Å². The summed E-state index contributed by atoms with van der Waals surface area (Å²) in [5, 5.41) is 5.33. The van der Waals surface area contributed by atoms with Crippen molar-refractivity contribution in [2.75, 3.05) is 10.6 Å². The molecule has 4 nitrogen and oxygen atoms in total. The number of carbonyl (C=O) groups is 2. The molecule has 0 fully saturated rings. The summed E-state index contributed by atoms with van der Waals surface area (Å²) in [6.07, 6.45) is -0.331. The van der Waals surface area contributed by atoms with E-state index in [1.807, 2.05) is 39.0 Å². The maximum atomic E-state index is 13.1. The van der Waals surface area contributed by atoms with Crippen LogP contribution in [0.2, 0.25) is 0 Å². The molecule has 0 radical (unpaired) electrons. The van der Waals surface area contributed by atoms with Crippen molar-refractivity contribution in [3.8, 4) is 0 Å². The Morgan fingerprint density at radius 2 is 1.71 bits per heavy atom. The molecule has 0 unspecified atom stereocenters. The molecule has 2 amide bonds. The molecule has 0 aliphatic rings. The number of aryl methyl sites for hydroxylation is 1. The highest BCUT2D eigenvalue weighted by atomic mass is 19.1. The highest BCUT2D eigenvalue weighted by molar-refractivity contribution is 6.08. The Bertz CT molecular complexity index is 757. The molecule has 5 heteroatoms. The monoisotopic (exact) mass is 328 g/mol. The van der Waals surface area contributed by atoms with Crippen LogP contribution in [0.3, 0.4) is 0 Å². The van der Waals surface area contributed by atoms with E-state index < -0.39 is 17.6 Å². The summed E-state index contributed by atoms with van der Waals surface area (Å²) in [4.78, 5) is 24.1. The molecule has 0 aromatic heterocycles. The third kappa shape index (κ3) is 4.65. The summed E-state index contributed by atoms with van der Waals surface area (Å²) in [6.45, 7) is 6.00. The number of anilines is 2. The second-order valence-corrected chi connectivity index (χ2v) is 5.98. The molecular formula is C19H21FN2O2. The van der Waals surface area contributed by atoms with E-state index in [1.165, 1.54) is 18.2 Å². The Morgan fingerprint density at radius 3 is 2.38 bits per heavy atom. The molecule has 0 aliphatic carbocycles. The van der Waals surface area contributed by atoms with E-state index in [2.05, 4.69) is 10.6 Å². The molecule has 0 atom stereocenters. The maximum absolute atomic E-state index is 13.1. The van der Waals surface area contributed by atoms with Crippen molar-refractivity contribution < 1.29 is 14.0 Å². The van der Waals surface area contributed by atoms with Gasteiger partial charge < -0.3 is 10.6 Å². The molecule has 2 rings (SSSR count). The summed E-state index contributed by atoms with van der Waals surface area (Å²) < 4.78 is 13.1. The lowest BCUT2D eigenvalue weighted by Gasteiger charge is -2.16. The van der Waals surface area contributed by atoms with Gasteiger partial charge in [-0.1, -0.05) is 38.1 Å². The molecule has 2 aromatic rings. The first-order valence-electron chi connectivity index (χ1n) is 7.81. The molecule has 0 saturated carbocycles. The molecule has 0 heterocycles. The van der Waals surface area contributed by atoms with E-state index >= 15 is 0 Å². The highest BCUT2D eigenvalue weighted by Crippen LogP contribution is 2.27. The van der Waals surface area contributed by atoms with E-state index in [9.17, 15) is 14.0 Å². The third-order valence-electron chi connectivity index (χ3n) is 3.62. The average molecular weight is 328 g/mol. The van der Waals surface area contributed by atoms with Gasteiger partial charge in [-0.05, 0) is 42.2 Å². The van der Waals surface area contributed by atoms with Crippen LogP contribution in [0.15, 0.2) is 42.5 Å². The fraction of sp³-hybridized carbons (Fsp3) is 0.263. The van der Waals surface area contributed by atoms with Crippen LogP contribution in [-0.4, -0.2) is 11.8 Å². The number of carbonyl (C=O) groups excluding carboxylic acids is 2. The van der Waals surface area contributed by atoms with E-state index in [-0.39, 0.29) is 12.3 Å². The molecule has 2 aromatic carbocycles. The SMILES string of the molecule is Cc1cccc(C(C)C)c1NC(=O)CC(=O)Nc1cccc(F)c1. The fourth-order valence-corrected chi connectivity index (χ4v) is 2.44. The van der Waals surface area contributed by atoms with Gasteiger partial charge in [0.05, 0.1) is 0 Å². The first kappa shape index (κ1) is 17.7. The van der Waals surface area contributed by atoms with Crippen LogP contribution >= 0.6 is 0 Å². The van der Waals surface area contributed by atoms with Gasteiger partial charge in [0.15, 0.2) is 0 Å². The summed E-state index contributed by atoms with van der Waals surface area (Å²) >= 11 is 0. The standard InChI is InChI=1S/C19H21FN2O2/c1-12(2)16-9-4-6-13(3)19(16)22-18(24)11-17(23)21-15-8-5-7-14(20)10-15/h4-10,12H,11H2,1-3H3,(H,21,23)(H,22,24). The summed E-state index contributed by atoms with van der Waals surface area (Å²) in [6, 6.07) is 11.4. The second-order valence-electron chi connectivity index (χ2n) is 5.98. The van der Waals surface area contributed by atoms with E-state index in [4.69, 9.17) is 0 Å². The predicted octanol–water partition coefficient (Wildman–Crippen LogP) is 4.22. The molecule has 24 heavy (non-hydrogen) atoms. The minimum absolute atomic E-state index is 0.251. The van der Waals surface area contributed by atoms with Crippen LogP contribution in [0, 0.1) is 12.7 Å². The summed E-state index contributed by atoms with van der Waals surface area (Å²) in [7, 11) is 0. The van der Waals surface area contributed by atoms with E-state index in [0.29, 0.717) is 5.69 Å². The van der Waals surface area contributed by atoms with Gasteiger partial charge in [0, 0.05) is 11.4 Å². The fourth-order valence-electron chi connectivity index (χ4n) is 2.44. The summed E-state index contributed by atoms with van der Waals surface area (Å²) in [5.41, 5.74) is 3.04. The number of benzene rings is 2. The Morgan fingerprint density at radius 1 is 1.04 bits per heavy atom. The van der Waals surface area contributed by atoms with Gasteiger partial charge in [0.25, 0.3) is 0 Å². The Labute approximate surface area is 141 Å². The van der Waals surface area contributed by atoms with Gasteiger partial charge in [-0.25, -0.2) is 4.39 Å². The summed E-state index contributed by atoms with van der Waals surface area (Å²) in [5.74, 6) is -1.09. The zero-order chi connectivity index (χ0) is 17.7. The van der Waals surface area contributed by atoms with Crippen molar-refractivity contribution >= 4 is 23.2 Å². The van der Waals surface area contributed by atoms with Crippen LogP contribution < -0.4 is 10.6 Å². The van der Waals surface area contributed by atoms with Crippen molar-refractivity contribution in [1.82, 2.24) is 0 Å². The lowest BCUT2D eigenvalue weighted by atomic mass is 9.98. The minimum atomic E-state index is -0.488. The van der Waals surface area contributed by atoms with Crippen molar-refractivity contribution in [2.24, 2.45) is 0 Å². The van der Waals surface area contributed by atoms with Crippen molar-refractivity contribution in [3.05, 3.63) is 59.4 Å². The molecule has 0 bridgehead atoms. The van der Waals surface area contributed by atoms with Crippen LogP contribution in [0.5, 0.6) is 0 Å². The number of hydrogen-bond acceptors (Lipinski definition) is 2. The van der Waals surface area contributed by atoms with Gasteiger partial charge in [0.1, 0.15) is 12.2 Å². The molecule has 0 aliphatic heterocycles. The first-order chi connectivity index (χ1) is 11.4.